The lowest BCUT2D eigenvalue weighted by Crippen LogP contribution is -2.43. The van der Waals surface area contributed by atoms with E-state index in [0.717, 1.165) is 0 Å². The first-order chi connectivity index (χ1) is 12.7. The van der Waals surface area contributed by atoms with Crippen LogP contribution in [0.1, 0.15) is 28.2 Å². The Hall–Kier alpha value is -1.91. The number of amides is 2. The fourth-order valence-electron chi connectivity index (χ4n) is 2.65. The number of anilines is 1. The van der Waals surface area contributed by atoms with Gasteiger partial charge in [-0.05, 0) is 31.0 Å². The second kappa shape index (κ2) is 7.61. The number of carbonyl (C=O) groups excluding carboxylic acids is 2. The van der Waals surface area contributed by atoms with Gasteiger partial charge < -0.3 is 4.90 Å². The van der Waals surface area contributed by atoms with Gasteiger partial charge in [0.25, 0.3) is 5.91 Å². The normalized spacial score (nSPS) is 17.2. The average molecular weight is 439 g/mol. The van der Waals surface area contributed by atoms with Gasteiger partial charge in [0.2, 0.25) is 16.0 Å². The van der Waals surface area contributed by atoms with Crippen LogP contribution >= 0.6 is 34.5 Å². The summed E-state index contributed by atoms with van der Waals surface area (Å²) in [5.74, 6) is -1.04. The molecule has 1 aromatic heterocycles. The number of hydrogen-bond donors (Lipinski definition) is 1. The number of rotatable bonds is 3. The van der Waals surface area contributed by atoms with E-state index in [2.05, 4.69) is 15.5 Å². The predicted octanol–water partition coefficient (Wildman–Crippen LogP) is 4.11. The van der Waals surface area contributed by atoms with Crippen LogP contribution in [0.15, 0.2) is 18.2 Å². The van der Waals surface area contributed by atoms with Crippen LogP contribution < -0.4 is 5.32 Å². The molecule has 0 radical (unpaired) electrons. The summed E-state index contributed by atoms with van der Waals surface area (Å²) < 4.78 is 37.7. The zero-order valence-electron chi connectivity index (χ0n) is 13.4. The third-order valence-corrected chi connectivity index (χ3v) is 5.50. The highest BCUT2D eigenvalue weighted by Gasteiger charge is 2.38. The summed E-state index contributed by atoms with van der Waals surface area (Å²) >= 11 is 12.0. The van der Waals surface area contributed by atoms with Crippen molar-refractivity contribution in [1.82, 2.24) is 15.1 Å². The van der Waals surface area contributed by atoms with Gasteiger partial charge in [-0.1, -0.05) is 34.5 Å². The van der Waals surface area contributed by atoms with Crippen molar-refractivity contribution in [1.29, 1.82) is 0 Å². The highest BCUT2D eigenvalue weighted by Crippen LogP contribution is 2.33. The molecule has 2 heterocycles. The van der Waals surface area contributed by atoms with Crippen molar-refractivity contribution in [2.24, 2.45) is 0 Å². The molecular weight excluding hydrogens is 428 g/mol. The van der Waals surface area contributed by atoms with Crippen molar-refractivity contribution in [3.63, 3.8) is 0 Å². The quantitative estimate of drug-likeness (QED) is 0.782. The predicted molar refractivity (Wildman–Crippen MR) is 94.1 cm³/mol. The van der Waals surface area contributed by atoms with Gasteiger partial charge in [0.1, 0.15) is 6.04 Å². The molecule has 1 fully saturated rings. The summed E-state index contributed by atoms with van der Waals surface area (Å²) in [5.41, 5.74) is 0.263. The topological polar surface area (TPSA) is 75.2 Å². The molecule has 1 aromatic carbocycles. The summed E-state index contributed by atoms with van der Waals surface area (Å²) in [6, 6.07) is 3.54. The van der Waals surface area contributed by atoms with Crippen LogP contribution in [0.4, 0.5) is 18.3 Å². The zero-order valence-corrected chi connectivity index (χ0v) is 15.7. The van der Waals surface area contributed by atoms with Gasteiger partial charge in [0.05, 0.1) is 10.0 Å². The van der Waals surface area contributed by atoms with Gasteiger partial charge in [-0.2, -0.15) is 13.2 Å². The van der Waals surface area contributed by atoms with E-state index >= 15 is 0 Å². The maximum absolute atomic E-state index is 12.7. The lowest BCUT2D eigenvalue weighted by atomic mass is 10.1. The largest absolute Gasteiger partial charge is 0.445 e. The van der Waals surface area contributed by atoms with E-state index in [0.29, 0.717) is 24.4 Å². The van der Waals surface area contributed by atoms with Gasteiger partial charge in [0.15, 0.2) is 0 Å². The SMILES string of the molecule is O=C(Nc1nnc(C(F)(F)F)s1)C1CCCN1C(=O)c1ccc(Cl)c(Cl)c1. The number of halogens is 5. The number of nitrogens with one attached hydrogen (secondary N) is 1. The highest BCUT2D eigenvalue weighted by molar-refractivity contribution is 7.15. The standard InChI is InChI=1S/C15H11Cl2F3N4O2S/c16-8-4-3-7(6-9(8)17)12(26)24-5-1-2-10(24)11(25)21-14-23-22-13(27-14)15(18,19)20/h3-4,6,10H,1-2,5H2,(H,21,23,25). The second-order valence-corrected chi connectivity index (χ2v) is 7.48. The maximum atomic E-state index is 12.7. The van der Waals surface area contributed by atoms with Crippen molar-refractivity contribution in [2.75, 3.05) is 11.9 Å². The van der Waals surface area contributed by atoms with Gasteiger partial charge in [-0.15, -0.1) is 10.2 Å². The summed E-state index contributed by atoms with van der Waals surface area (Å²) in [6.45, 7) is 0.334. The summed E-state index contributed by atoms with van der Waals surface area (Å²) in [7, 11) is 0. The fourth-order valence-corrected chi connectivity index (χ4v) is 3.57. The number of hydrogen-bond acceptors (Lipinski definition) is 5. The monoisotopic (exact) mass is 438 g/mol. The molecule has 1 atom stereocenters. The number of nitrogens with zero attached hydrogens (tertiary/aromatic N) is 3. The minimum absolute atomic E-state index is 0.205. The molecule has 3 rings (SSSR count). The molecule has 0 saturated carbocycles. The van der Waals surface area contributed by atoms with Crippen molar-refractivity contribution < 1.29 is 22.8 Å². The van der Waals surface area contributed by atoms with Crippen LogP contribution in [0.2, 0.25) is 10.0 Å². The first kappa shape index (κ1) is 19.8. The summed E-state index contributed by atoms with van der Waals surface area (Å²) in [6.07, 6.45) is -3.68. The van der Waals surface area contributed by atoms with Gasteiger partial charge in [-0.25, -0.2) is 0 Å². The third-order valence-electron chi connectivity index (χ3n) is 3.88. The molecule has 27 heavy (non-hydrogen) atoms. The number of alkyl halides is 3. The first-order valence-electron chi connectivity index (χ1n) is 7.64. The van der Waals surface area contributed by atoms with Crippen LogP contribution in [0.25, 0.3) is 0 Å². The lowest BCUT2D eigenvalue weighted by molar-refractivity contribution is -0.138. The third kappa shape index (κ3) is 4.33. The minimum Gasteiger partial charge on any atom is -0.327 e. The molecule has 0 bridgehead atoms. The molecule has 0 aliphatic carbocycles. The van der Waals surface area contributed by atoms with Crippen LogP contribution in [0.5, 0.6) is 0 Å². The molecule has 0 spiro atoms. The smallest absolute Gasteiger partial charge is 0.327 e. The molecule has 2 amide bonds. The van der Waals surface area contributed by atoms with Crippen molar-refractivity contribution in [3.8, 4) is 0 Å². The van der Waals surface area contributed by atoms with E-state index in [1.54, 1.807) is 0 Å². The Morgan fingerprint density at radius 2 is 1.96 bits per heavy atom. The maximum Gasteiger partial charge on any atom is 0.445 e. The van der Waals surface area contributed by atoms with E-state index in [-0.39, 0.29) is 27.1 Å². The Kier molecular flexibility index (Phi) is 5.59. The molecule has 1 N–H and O–H groups in total. The van der Waals surface area contributed by atoms with Gasteiger partial charge >= 0.3 is 6.18 Å². The second-order valence-electron chi connectivity index (χ2n) is 5.68. The molecular formula is C15H11Cl2F3N4O2S. The van der Waals surface area contributed by atoms with Crippen molar-refractivity contribution >= 4 is 51.5 Å². The van der Waals surface area contributed by atoms with Gasteiger partial charge in [0, 0.05) is 12.1 Å². The molecule has 1 aliphatic rings. The van der Waals surface area contributed by atoms with E-state index in [9.17, 15) is 22.8 Å². The molecule has 6 nitrogen and oxygen atoms in total. The molecule has 12 heteroatoms. The minimum atomic E-state index is -4.64. The number of benzene rings is 1. The Morgan fingerprint density at radius 1 is 1.22 bits per heavy atom. The van der Waals surface area contributed by atoms with Crippen molar-refractivity contribution in [2.45, 2.75) is 25.1 Å². The fraction of sp³-hybridized carbons (Fsp3) is 0.333. The number of carbonyl (C=O) groups is 2. The van der Waals surface area contributed by atoms with E-state index in [1.807, 2.05) is 0 Å². The molecule has 144 valence electrons. The zero-order chi connectivity index (χ0) is 19.8. The van der Waals surface area contributed by atoms with E-state index < -0.39 is 29.0 Å². The molecule has 1 saturated heterocycles. The van der Waals surface area contributed by atoms with Crippen LogP contribution in [-0.4, -0.2) is 39.5 Å². The Balaban J connectivity index is 1.73. The van der Waals surface area contributed by atoms with Crippen LogP contribution in [0.3, 0.4) is 0 Å². The summed E-state index contributed by atoms with van der Waals surface area (Å²) in [4.78, 5) is 26.5. The van der Waals surface area contributed by atoms with E-state index in [4.69, 9.17) is 23.2 Å². The Labute approximate surface area is 165 Å². The Morgan fingerprint density at radius 3 is 2.59 bits per heavy atom. The summed E-state index contributed by atoms with van der Waals surface area (Å²) in [5, 5.41) is 7.69. The van der Waals surface area contributed by atoms with Crippen LogP contribution in [0, 0.1) is 0 Å². The van der Waals surface area contributed by atoms with Crippen molar-refractivity contribution in [3.05, 3.63) is 38.8 Å². The van der Waals surface area contributed by atoms with E-state index in [1.165, 1.54) is 23.1 Å². The first-order valence-corrected chi connectivity index (χ1v) is 9.21. The molecule has 1 unspecified atom stereocenters. The lowest BCUT2D eigenvalue weighted by Gasteiger charge is -2.23. The molecule has 2 aromatic rings. The number of likely N-dealkylation sites (tertiary alicyclic amines) is 1. The highest BCUT2D eigenvalue weighted by atomic mass is 35.5. The average Bonchev–Trinajstić information content (AvgIpc) is 3.25. The number of aromatic nitrogens is 2. The Bertz CT molecular complexity index is 890. The van der Waals surface area contributed by atoms with Gasteiger partial charge in [-0.3, -0.25) is 14.9 Å². The molecule has 1 aliphatic heterocycles. The van der Waals surface area contributed by atoms with Crippen LogP contribution in [-0.2, 0) is 11.0 Å².